The second-order valence-corrected chi connectivity index (χ2v) is 6.09. The summed E-state index contributed by atoms with van der Waals surface area (Å²) in [5, 5.41) is 0.765. The van der Waals surface area contributed by atoms with Crippen molar-refractivity contribution in [3.05, 3.63) is 22.7 Å². The summed E-state index contributed by atoms with van der Waals surface area (Å²) >= 11 is 8.15. The summed E-state index contributed by atoms with van der Waals surface area (Å²) in [5.41, 5.74) is 2.03. The Hall–Kier alpha value is -0.870. The Bertz CT molecular complexity index is 487. The normalized spacial score (nSPS) is 15.2. The van der Waals surface area contributed by atoms with Crippen molar-refractivity contribution >= 4 is 35.0 Å². The van der Waals surface area contributed by atoms with Crippen LogP contribution in [0.25, 0.3) is 0 Å². The SMILES string of the molecule is COC(=O)Cc1ccc(N2CCCCC2)c(Cl)c1SC. The summed E-state index contributed by atoms with van der Waals surface area (Å²) < 4.78 is 4.74. The van der Waals surface area contributed by atoms with E-state index in [-0.39, 0.29) is 12.4 Å². The minimum absolute atomic E-state index is 0.234. The summed E-state index contributed by atoms with van der Waals surface area (Å²) in [6, 6.07) is 4.03. The highest BCUT2D eigenvalue weighted by Gasteiger charge is 2.19. The summed E-state index contributed by atoms with van der Waals surface area (Å²) in [6.45, 7) is 2.12. The number of halogens is 1. The van der Waals surface area contributed by atoms with E-state index in [1.165, 1.54) is 26.4 Å². The number of carbonyl (C=O) groups is 1. The van der Waals surface area contributed by atoms with Gasteiger partial charge in [0.25, 0.3) is 0 Å². The molecule has 0 unspecified atom stereocenters. The number of ether oxygens (including phenoxy) is 1. The number of thioether (sulfide) groups is 1. The fourth-order valence-electron chi connectivity index (χ4n) is 2.55. The highest BCUT2D eigenvalue weighted by Crippen LogP contribution is 2.38. The van der Waals surface area contributed by atoms with Crippen LogP contribution in [0.4, 0.5) is 5.69 Å². The smallest absolute Gasteiger partial charge is 0.310 e. The molecule has 0 amide bonds. The first-order valence-electron chi connectivity index (χ1n) is 6.84. The van der Waals surface area contributed by atoms with Crippen LogP contribution in [0.15, 0.2) is 17.0 Å². The fourth-order valence-corrected chi connectivity index (χ4v) is 3.77. The number of esters is 1. The first kappa shape index (κ1) is 15.5. The largest absolute Gasteiger partial charge is 0.469 e. The van der Waals surface area contributed by atoms with Crippen LogP contribution in [0.1, 0.15) is 24.8 Å². The van der Waals surface area contributed by atoms with Crippen LogP contribution >= 0.6 is 23.4 Å². The van der Waals surface area contributed by atoms with Crippen molar-refractivity contribution in [2.24, 2.45) is 0 Å². The van der Waals surface area contributed by atoms with Crippen molar-refractivity contribution in [1.29, 1.82) is 0 Å². The maximum Gasteiger partial charge on any atom is 0.310 e. The van der Waals surface area contributed by atoms with Crippen molar-refractivity contribution < 1.29 is 9.53 Å². The van der Waals surface area contributed by atoms with Gasteiger partial charge in [-0.25, -0.2) is 0 Å². The minimum atomic E-state index is -0.234. The number of hydrogen-bond acceptors (Lipinski definition) is 4. The van der Waals surface area contributed by atoms with Crippen LogP contribution in [-0.4, -0.2) is 32.4 Å². The molecule has 2 rings (SSSR count). The van der Waals surface area contributed by atoms with E-state index in [2.05, 4.69) is 4.90 Å². The van der Waals surface area contributed by atoms with Gasteiger partial charge in [-0.15, -0.1) is 11.8 Å². The standard InChI is InChI=1S/C15H20ClNO2S/c1-19-13(18)10-11-6-7-12(14(16)15(11)20-2)17-8-4-3-5-9-17/h6-7H,3-5,8-10H2,1-2H3. The zero-order valence-electron chi connectivity index (χ0n) is 11.9. The summed E-state index contributed by atoms with van der Waals surface area (Å²) in [7, 11) is 1.41. The van der Waals surface area contributed by atoms with E-state index in [4.69, 9.17) is 16.3 Å². The molecule has 0 atom stereocenters. The van der Waals surface area contributed by atoms with Crippen LogP contribution in [-0.2, 0) is 16.0 Å². The van der Waals surface area contributed by atoms with Crippen molar-refractivity contribution in [3.8, 4) is 0 Å². The molecule has 1 fully saturated rings. The first-order valence-corrected chi connectivity index (χ1v) is 8.44. The molecule has 1 aliphatic rings. The van der Waals surface area contributed by atoms with E-state index in [1.54, 1.807) is 11.8 Å². The molecule has 0 aliphatic carbocycles. The van der Waals surface area contributed by atoms with Crippen LogP contribution in [0.5, 0.6) is 0 Å². The van der Waals surface area contributed by atoms with Gasteiger partial charge in [-0.3, -0.25) is 4.79 Å². The number of methoxy groups -OCH3 is 1. The lowest BCUT2D eigenvalue weighted by atomic mass is 10.1. The fraction of sp³-hybridized carbons (Fsp3) is 0.533. The molecular weight excluding hydrogens is 294 g/mol. The van der Waals surface area contributed by atoms with Crippen molar-refractivity contribution in [2.45, 2.75) is 30.6 Å². The molecule has 0 aromatic heterocycles. The molecule has 1 saturated heterocycles. The molecule has 5 heteroatoms. The predicted octanol–water partition coefficient (Wildman–Crippen LogP) is 3.77. The zero-order valence-corrected chi connectivity index (χ0v) is 13.5. The van der Waals surface area contributed by atoms with Gasteiger partial charge in [0.05, 0.1) is 24.2 Å². The lowest BCUT2D eigenvalue weighted by molar-refractivity contribution is -0.139. The molecule has 20 heavy (non-hydrogen) atoms. The van der Waals surface area contributed by atoms with E-state index >= 15 is 0 Å². The maximum atomic E-state index is 11.5. The molecule has 0 radical (unpaired) electrons. The van der Waals surface area contributed by atoms with Gasteiger partial charge in [-0.1, -0.05) is 17.7 Å². The second kappa shape index (κ2) is 7.23. The average molecular weight is 314 g/mol. The van der Waals surface area contributed by atoms with Gasteiger partial charge in [0.15, 0.2) is 0 Å². The van der Waals surface area contributed by atoms with E-state index in [0.717, 1.165) is 34.3 Å². The Balaban J connectivity index is 2.29. The molecule has 110 valence electrons. The van der Waals surface area contributed by atoms with Crippen molar-refractivity contribution in [3.63, 3.8) is 0 Å². The summed E-state index contributed by atoms with van der Waals surface area (Å²) in [6.07, 6.45) is 5.99. The van der Waals surface area contributed by atoms with Gasteiger partial charge in [0.1, 0.15) is 0 Å². The Morgan fingerprint density at radius 3 is 2.65 bits per heavy atom. The number of hydrogen-bond donors (Lipinski definition) is 0. The Morgan fingerprint density at radius 1 is 1.35 bits per heavy atom. The molecule has 1 aliphatic heterocycles. The quantitative estimate of drug-likeness (QED) is 0.625. The number of anilines is 1. The lowest BCUT2D eigenvalue weighted by Gasteiger charge is -2.30. The molecule has 1 aromatic rings. The molecule has 0 saturated carbocycles. The van der Waals surface area contributed by atoms with Gasteiger partial charge in [-0.2, -0.15) is 0 Å². The third-order valence-electron chi connectivity index (χ3n) is 3.62. The van der Waals surface area contributed by atoms with Gasteiger partial charge in [0.2, 0.25) is 0 Å². The Labute approximate surface area is 129 Å². The first-order chi connectivity index (χ1) is 9.67. The third-order valence-corrected chi connectivity index (χ3v) is 4.99. The number of nitrogens with zero attached hydrogens (tertiary/aromatic N) is 1. The molecule has 0 spiro atoms. The minimum Gasteiger partial charge on any atom is -0.469 e. The maximum absolute atomic E-state index is 11.5. The van der Waals surface area contributed by atoms with E-state index in [0.29, 0.717) is 0 Å². The summed E-state index contributed by atoms with van der Waals surface area (Å²) in [5.74, 6) is -0.234. The van der Waals surface area contributed by atoms with E-state index in [1.807, 2.05) is 18.4 Å². The van der Waals surface area contributed by atoms with Crippen LogP contribution in [0.2, 0.25) is 5.02 Å². The molecular formula is C15H20ClNO2S. The van der Waals surface area contributed by atoms with Crippen LogP contribution < -0.4 is 4.90 Å². The van der Waals surface area contributed by atoms with Crippen molar-refractivity contribution in [1.82, 2.24) is 0 Å². The number of benzene rings is 1. The lowest BCUT2D eigenvalue weighted by Crippen LogP contribution is -2.29. The predicted molar refractivity (Wildman–Crippen MR) is 85.0 cm³/mol. The molecule has 0 bridgehead atoms. The van der Waals surface area contributed by atoms with Crippen LogP contribution in [0, 0.1) is 0 Å². The van der Waals surface area contributed by atoms with Crippen LogP contribution in [0.3, 0.4) is 0 Å². The average Bonchev–Trinajstić information content (AvgIpc) is 2.48. The number of rotatable bonds is 4. The molecule has 3 nitrogen and oxygen atoms in total. The molecule has 1 heterocycles. The number of piperidine rings is 1. The van der Waals surface area contributed by atoms with E-state index < -0.39 is 0 Å². The summed E-state index contributed by atoms with van der Waals surface area (Å²) in [4.78, 5) is 14.8. The monoisotopic (exact) mass is 313 g/mol. The molecule has 0 N–H and O–H groups in total. The topological polar surface area (TPSA) is 29.5 Å². The van der Waals surface area contributed by atoms with Crippen molar-refractivity contribution in [2.75, 3.05) is 31.4 Å². The zero-order chi connectivity index (χ0) is 14.5. The van der Waals surface area contributed by atoms with Gasteiger partial charge in [0, 0.05) is 18.0 Å². The number of carbonyl (C=O) groups excluding carboxylic acids is 1. The Morgan fingerprint density at radius 2 is 2.05 bits per heavy atom. The third kappa shape index (κ3) is 3.41. The molecule has 1 aromatic carbocycles. The second-order valence-electron chi connectivity index (χ2n) is 4.89. The Kier molecular flexibility index (Phi) is 5.61. The van der Waals surface area contributed by atoms with Gasteiger partial charge >= 0.3 is 5.97 Å². The van der Waals surface area contributed by atoms with Gasteiger partial charge < -0.3 is 9.64 Å². The van der Waals surface area contributed by atoms with Gasteiger partial charge in [-0.05, 0) is 37.1 Å². The highest BCUT2D eigenvalue weighted by atomic mass is 35.5. The van der Waals surface area contributed by atoms with E-state index in [9.17, 15) is 4.79 Å². The highest BCUT2D eigenvalue weighted by molar-refractivity contribution is 7.98.